The molecule has 0 aliphatic heterocycles. The van der Waals surface area contributed by atoms with E-state index in [1.165, 1.54) is 12.6 Å². The minimum absolute atomic E-state index is 0.149. The first kappa shape index (κ1) is 13.6. The molecular formula is C12H11N3O5. The number of aromatic nitrogens is 1. The fourth-order valence-electron chi connectivity index (χ4n) is 1.40. The number of amides is 2. The van der Waals surface area contributed by atoms with E-state index < -0.39 is 11.8 Å². The molecule has 20 heavy (non-hydrogen) atoms. The van der Waals surface area contributed by atoms with Crippen LogP contribution in [0.1, 0.15) is 20.8 Å². The van der Waals surface area contributed by atoms with Crippen LogP contribution < -0.4 is 15.5 Å². The lowest BCUT2D eigenvalue weighted by molar-refractivity contribution is 0.0700. The van der Waals surface area contributed by atoms with Gasteiger partial charge in [-0.25, -0.2) is 5.48 Å². The number of ether oxygens (including phenoxy) is 1. The molecule has 0 unspecified atom stereocenters. The third-order valence-electron chi connectivity index (χ3n) is 2.41. The highest BCUT2D eigenvalue weighted by Crippen LogP contribution is 2.13. The molecule has 1 heterocycles. The van der Waals surface area contributed by atoms with Gasteiger partial charge in [0.25, 0.3) is 11.8 Å². The summed E-state index contributed by atoms with van der Waals surface area (Å²) in [5, 5.41) is 10.8. The van der Waals surface area contributed by atoms with E-state index in [0.717, 1.165) is 6.26 Å². The normalized spacial score (nSPS) is 9.90. The Bertz CT molecular complexity index is 620. The summed E-state index contributed by atoms with van der Waals surface area (Å²) in [6.45, 7) is 0. The number of nitrogens with zero attached hydrogens (tertiary/aromatic N) is 1. The molecule has 2 amide bonds. The highest BCUT2D eigenvalue weighted by atomic mass is 16.5. The number of benzene rings is 1. The molecule has 3 N–H and O–H groups in total. The van der Waals surface area contributed by atoms with E-state index in [1.54, 1.807) is 24.3 Å². The molecule has 1 aromatic heterocycles. The minimum atomic E-state index is -0.835. The number of carbonyl (C=O) groups is 2. The molecule has 0 atom stereocenters. The van der Waals surface area contributed by atoms with Gasteiger partial charge in [-0.2, -0.15) is 4.98 Å². The lowest BCUT2D eigenvalue weighted by atomic mass is 10.2. The second kappa shape index (κ2) is 5.85. The van der Waals surface area contributed by atoms with Crippen molar-refractivity contribution in [3.8, 4) is 5.75 Å². The fraction of sp³-hybridized carbons (Fsp3) is 0.0833. The molecule has 0 saturated carbocycles. The lowest BCUT2D eigenvalue weighted by Crippen LogP contribution is -2.19. The standard InChI is InChI=1S/C12H11N3O5/c1-19-8-4-2-7(3-5-8)10(16)14-12-13-9(6-20-12)11(17)15-18/h2-6,18H,1H3,(H,15,17)(H,13,14,16). The Labute approximate surface area is 113 Å². The van der Waals surface area contributed by atoms with Crippen LogP contribution >= 0.6 is 0 Å². The van der Waals surface area contributed by atoms with Gasteiger partial charge in [0, 0.05) is 5.56 Å². The first-order chi connectivity index (χ1) is 9.63. The number of oxazole rings is 1. The highest BCUT2D eigenvalue weighted by Gasteiger charge is 2.14. The smallest absolute Gasteiger partial charge is 0.302 e. The third kappa shape index (κ3) is 2.93. The summed E-state index contributed by atoms with van der Waals surface area (Å²) in [5.41, 5.74) is 1.62. The summed E-state index contributed by atoms with van der Waals surface area (Å²) in [5.74, 6) is -0.663. The van der Waals surface area contributed by atoms with Crippen LogP contribution in [0.5, 0.6) is 5.75 Å². The number of carbonyl (C=O) groups excluding carboxylic acids is 2. The van der Waals surface area contributed by atoms with Crippen LogP contribution in [-0.2, 0) is 0 Å². The number of hydrogen-bond donors (Lipinski definition) is 3. The van der Waals surface area contributed by atoms with Crippen molar-refractivity contribution in [2.24, 2.45) is 0 Å². The SMILES string of the molecule is COc1ccc(C(=O)Nc2nc(C(=O)NO)co2)cc1. The van der Waals surface area contributed by atoms with Crippen molar-refractivity contribution in [2.75, 3.05) is 12.4 Å². The summed E-state index contributed by atoms with van der Waals surface area (Å²) in [6, 6.07) is 6.26. The quantitative estimate of drug-likeness (QED) is 0.568. The van der Waals surface area contributed by atoms with E-state index in [9.17, 15) is 9.59 Å². The molecule has 8 heteroatoms. The van der Waals surface area contributed by atoms with E-state index in [4.69, 9.17) is 14.4 Å². The Hall–Kier alpha value is -2.87. The van der Waals surface area contributed by atoms with Gasteiger partial charge >= 0.3 is 6.01 Å². The summed E-state index contributed by atoms with van der Waals surface area (Å²) in [4.78, 5) is 26.6. The molecule has 0 aliphatic carbocycles. The number of anilines is 1. The van der Waals surface area contributed by atoms with E-state index >= 15 is 0 Å². The van der Waals surface area contributed by atoms with Crippen LogP contribution in [-0.4, -0.2) is 29.1 Å². The number of hydrogen-bond acceptors (Lipinski definition) is 6. The average Bonchev–Trinajstić information content (AvgIpc) is 2.95. The Morgan fingerprint density at radius 3 is 2.55 bits per heavy atom. The van der Waals surface area contributed by atoms with Crippen LogP contribution in [0, 0.1) is 0 Å². The van der Waals surface area contributed by atoms with E-state index in [2.05, 4.69) is 10.3 Å². The molecule has 0 saturated heterocycles. The molecule has 8 nitrogen and oxygen atoms in total. The Morgan fingerprint density at radius 2 is 1.95 bits per heavy atom. The molecular weight excluding hydrogens is 266 g/mol. The molecule has 0 spiro atoms. The second-order valence-electron chi connectivity index (χ2n) is 3.66. The average molecular weight is 277 g/mol. The second-order valence-corrected chi connectivity index (χ2v) is 3.66. The number of hydroxylamine groups is 1. The van der Waals surface area contributed by atoms with Crippen molar-refractivity contribution < 1.29 is 24.0 Å². The van der Waals surface area contributed by atoms with Gasteiger partial charge in [0.05, 0.1) is 7.11 Å². The molecule has 0 aliphatic rings. The highest BCUT2D eigenvalue weighted by molar-refractivity contribution is 6.03. The number of rotatable bonds is 4. The molecule has 0 fully saturated rings. The fourth-order valence-corrected chi connectivity index (χ4v) is 1.40. The first-order valence-corrected chi connectivity index (χ1v) is 5.49. The number of methoxy groups -OCH3 is 1. The zero-order chi connectivity index (χ0) is 14.5. The lowest BCUT2D eigenvalue weighted by Gasteiger charge is -2.02. The van der Waals surface area contributed by atoms with Gasteiger partial charge in [0.1, 0.15) is 12.0 Å². The van der Waals surface area contributed by atoms with Crippen molar-refractivity contribution in [3.63, 3.8) is 0 Å². The van der Waals surface area contributed by atoms with Crippen molar-refractivity contribution in [3.05, 3.63) is 41.8 Å². The van der Waals surface area contributed by atoms with Crippen LogP contribution in [0.2, 0.25) is 0 Å². The van der Waals surface area contributed by atoms with E-state index in [0.29, 0.717) is 11.3 Å². The maximum atomic E-state index is 11.9. The van der Waals surface area contributed by atoms with Crippen molar-refractivity contribution >= 4 is 17.8 Å². The summed E-state index contributed by atoms with van der Waals surface area (Å²) in [7, 11) is 1.52. The van der Waals surface area contributed by atoms with Gasteiger partial charge in [0.15, 0.2) is 5.69 Å². The third-order valence-corrected chi connectivity index (χ3v) is 2.41. The topological polar surface area (TPSA) is 114 Å². The Balaban J connectivity index is 2.07. The van der Waals surface area contributed by atoms with Gasteiger partial charge in [-0.05, 0) is 24.3 Å². The number of nitrogens with one attached hydrogen (secondary N) is 2. The van der Waals surface area contributed by atoms with Crippen molar-refractivity contribution in [2.45, 2.75) is 0 Å². The summed E-state index contributed by atoms with van der Waals surface area (Å²) < 4.78 is 9.86. The Kier molecular flexibility index (Phi) is 3.96. The van der Waals surface area contributed by atoms with Gasteiger partial charge in [0.2, 0.25) is 0 Å². The van der Waals surface area contributed by atoms with Gasteiger partial charge in [-0.3, -0.25) is 20.1 Å². The molecule has 104 valence electrons. The van der Waals surface area contributed by atoms with Crippen LogP contribution in [0.15, 0.2) is 34.9 Å². The van der Waals surface area contributed by atoms with E-state index in [-0.39, 0.29) is 11.7 Å². The maximum absolute atomic E-state index is 11.9. The molecule has 2 aromatic rings. The monoisotopic (exact) mass is 277 g/mol. The molecule has 2 rings (SSSR count). The van der Waals surface area contributed by atoms with Gasteiger partial charge < -0.3 is 9.15 Å². The predicted molar refractivity (Wildman–Crippen MR) is 66.7 cm³/mol. The Morgan fingerprint density at radius 1 is 1.25 bits per heavy atom. The van der Waals surface area contributed by atoms with Crippen LogP contribution in [0.4, 0.5) is 6.01 Å². The first-order valence-electron chi connectivity index (χ1n) is 5.49. The predicted octanol–water partition coefficient (Wildman–Crippen LogP) is 1.05. The maximum Gasteiger partial charge on any atom is 0.302 e. The zero-order valence-corrected chi connectivity index (χ0v) is 10.4. The van der Waals surface area contributed by atoms with Crippen molar-refractivity contribution in [1.82, 2.24) is 10.5 Å². The minimum Gasteiger partial charge on any atom is -0.497 e. The summed E-state index contributed by atoms with van der Waals surface area (Å²) in [6.07, 6.45) is 1.01. The van der Waals surface area contributed by atoms with Crippen molar-refractivity contribution in [1.29, 1.82) is 0 Å². The largest absolute Gasteiger partial charge is 0.497 e. The molecule has 0 bridgehead atoms. The zero-order valence-electron chi connectivity index (χ0n) is 10.4. The van der Waals surface area contributed by atoms with Crippen LogP contribution in [0.3, 0.4) is 0 Å². The molecule has 0 radical (unpaired) electrons. The summed E-state index contributed by atoms with van der Waals surface area (Å²) >= 11 is 0. The van der Waals surface area contributed by atoms with Gasteiger partial charge in [-0.1, -0.05) is 0 Å². The van der Waals surface area contributed by atoms with Gasteiger partial charge in [-0.15, -0.1) is 0 Å². The van der Waals surface area contributed by atoms with Crippen LogP contribution in [0.25, 0.3) is 0 Å². The molecule has 1 aromatic carbocycles. The van der Waals surface area contributed by atoms with E-state index in [1.807, 2.05) is 0 Å².